The van der Waals surface area contributed by atoms with Crippen molar-refractivity contribution in [1.29, 1.82) is 0 Å². The van der Waals surface area contributed by atoms with Crippen LogP contribution in [-0.4, -0.2) is 64.4 Å². The number of sulfone groups is 1. The van der Waals surface area contributed by atoms with Gasteiger partial charge in [0, 0.05) is 55.1 Å². The highest BCUT2D eigenvalue weighted by atomic mass is 35.5. The average molecular weight is 546 g/mol. The van der Waals surface area contributed by atoms with Gasteiger partial charge in [-0.2, -0.15) is 0 Å². The predicted molar refractivity (Wildman–Crippen MR) is 144 cm³/mol. The zero-order valence-corrected chi connectivity index (χ0v) is 22.4. The number of anilines is 1. The van der Waals surface area contributed by atoms with Crippen LogP contribution in [-0.2, 0) is 25.4 Å². The van der Waals surface area contributed by atoms with Crippen LogP contribution in [0.15, 0.2) is 59.6 Å². The fourth-order valence-corrected chi connectivity index (χ4v) is 8.49. The first kappa shape index (κ1) is 25.2. The molecule has 0 aliphatic carbocycles. The number of piperidine rings is 1. The van der Waals surface area contributed by atoms with Crippen molar-refractivity contribution < 1.29 is 17.4 Å². The van der Waals surface area contributed by atoms with Gasteiger partial charge in [0.25, 0.3) is 0 Å². The van der Waals surface area contributed by atoms with E-state index < -0.39 is 25.5 Å². The highest BCUT2D eigenvalue weighted by Crippen LogP contribution is 2.39. The van der Waals surface area contributed by atoms with E-state index in [9.17, 15) is 17.4 Å². The first-order valence-corrected chi connectivity index (χ1v) is 15.3. The van der Waals surface area contributed by atoms with Gasteiger partial charge in [-0.3, -0.25) is 14.0 Å². The quantitative estimate of drug-likeness (QED) is 0.466. The fraction of sp³-hybridized carbons (Fsp3) is 0.385. The molecule has 1 atom stereocenters. The van der Waals surface area contributed by atoms with E-state index in [1.54, 1.807) is 47.5 Å². The lowest BCUT2D eigenvalue weighted by atomic mass is 10.0. The minimum absolute atomic E-state index is 0.00828. The largest absolute Gasteiger partial charge is 0.371 e. The number of carbonyl (C=O) groups is 1. The SMILES string of the molecule is Cc1cc(N2CCC3(CC2)N(CCCS(=O)(=O)c2ccc4cc(Cl)ccc4c2)C(=O)CS3=O)ccn1. The van der Waals surface area contributed by atoms with Gasteiger partial charge in [-0.25, -0.2) is 8.42 Å². The topological polar surface area (TPSA) is 87.7 Å². The zero-order chi connectivity index (χ0) is 25.5. The van der Waals surface area contributed by atoms with Gasteiger partial charge in [-0.1, -0.05) is 23.7 Å². The first-order chi connectivity index (χ1) is 17.2. The van der Waals surface area contributed by atoms with Crippen LogP contribution in [0.2, 0.25) is 5.02 Å². The van der Waals surface area contributed by atoms with Crippen LogP contribution >= 0.6 is 11.6 Å². The molecule has 36 heavy (non-hydrogen) atoms. The molecule has 1 spiro atoms. The fourth-order valence-electron chi connectivity index (χ4n) is 5.26. The third-order valence-electron chi connectivity index (χ3n) is 7.19. The summed E-state index contributed by atoms with van der Waals surface area (Å²) in [5.41, 5.74) is 2.01. The van der Waals surface area contributed by atoms with Gasteiger partial charge >= 0.3 is 0 Å². The summed E-state index contributed by atoms with van der Waals surface area (Å²) >= 11 is 6.03. The molecule has 5 rings (SSSR count). The summed E-state index contributed by atoms with van der Waals surface area (Å²) in [5, 5.41) is 2.28. The maximum absolute atomic E-state index is 13.1. The molecule has 1 aromatic heterocycles. The van der Waals surface area contributed by atoms with Crippen LogP contribution in [0.5, 0.6) is 0 Å². The van der Waals surface area contributed by atoms with E-state index in [0.717, 1.165) is 22.2 Å². The number of hydrogen-bond donors (Lipinski definition) is 0. The third-order valence-corrected chi connectivity index (χ3v) is 11.2. The summed E-state index contributed by atoms with van der Waals surface area (Å²) in [6.45, 7) is 3.58. The molecule has 2 aromatic carbocycles. The molecule has 1 unspecified atom stereocenters. The van der Waals surface area contributed by atoms with Crippen molar-refractivity contribution in [3.8, 4) is 0 Å². The van der Waals surface area contributed by atoms with E-state index >= 15 is 0 Å². The van der Waals surface area contributed by atoms with Crippen molar-refractivity contribution in [2.75, 3.05) is 36.0 Å². The number of hydrogen-bond acceptors (Lipinski definition) is 6. The molecule has 3 aromatic rings. The Labute approximate surface area is 218 Å². The van der Waals surface area contributed by atoms with Crippen molar-refractivity contribution in [3.63, 3.8) is 0 Å². The van der Waals surface area contributed by atoms with E-state index in [2.05, 4.69) is 9.88 Å². The number of amides is 1. The van der Waals surface area contributed by atoms with E-state index in [1.807, 2.05) is 19.1 Å². The normalized spacial score (nSPS) is 19.9. The van der Waals surface area contributed by atoms with Crippen LogP contribution in [0.1, 0.15) is 25.0 Å². The molecule has 3 heterocycles. The van der Waals surface area contributed by atoms with Gasteiger partial charge in [-0.05, 0) is 60.5 Å². The highest BCUT2D eigenvalue weighted by molar-refractivity contribution is 7.91. The number of pyridine rings is 1. The lowest BCUT2D eigenvalue weighted by molar-refractivity contribution is -0.130. The zero-order valence-electron chi connectivity index (χ0n) is 20.0. The van der Waals surface area contributed by atoms with Gasteiger partial charge in [0.1, 0.15) is 10.6 Å². The van der Waals surface area contributed by atoms with Crippen molar-refractivity contribution in [1.82, 2.24) is 9.88 Å². The molecule has 2 aliphatic rings. The molecule has 2 aliphatic heterocycles. The molecular formula is C26H28ClN3O4S2. The molecule has 2 fully saturated rings. The number of carbonyl (C=O) groups excluding carboxylic acids is 1. The summed E-state index contributed by atoms with van der Waals surface area (Å²) in [6, 6.07) is 14.3. The Morgan fingerprint density at radius 1 is 1.06 bits per heavy atom. The van der Waals surface area contributed by atoms with Crippen LogP contribution < -0.4 is 4.90 Å². The monoisotopic (exact) mass is 545 g/mol. The number of benzene rings is 2. The van der Waals surface area contributed by atoms with E-state index in [0.29, 0.717) is 37.4 Å². The Morgan fingerprint density at radius 3 is 2.53 bits per heavy atom. The summed E-state index contributed by atoms with van der Waals surface area (Å²) < 4.78 is 39.2. The molecule has 0 N–H and O–H groups in total. The molecule has 0 radical (unpaired) electrons. The van der Waals surface area contributed by atoms with Crippen LogP contribution in [0, 0.1) is 6.92 Å². The average Bonchev–Trinajstić information content (AvgIpc) is 3.07. The number of rotatable bonds is 6. The van der Waals surface area contributed by atoms with Crippen LogP contribution in [0.3, 0.4) is 0 Å². The van der Waals surface area contributed by atoms with Crippen molar-refractivity contribution in [2.24, 2.45) is 0 Å². The van der Waals surface area contributed by atoms with E-state index in [-0.39, 0.29) is 28.9 Å². The van der Waals surface area contributed by atoms with Gasteiger partial charge in [-0.15, -0.1) is 0 Å². The molecule has 10 heteroatoms. The molecule has 0 saturated carbocycles. The van der Waals surface area contributed by atoms with Gasteiger partial charge in [0.05, 0.1) is 21.4 Å². The summed E-state index contributed by atoms with van der Waals surface area (Å²) in [7, 11) is -4.84. The lowest BCUT2D eigenvalue weighted by Gasteiger charge is -2.44. The Bertz CT molecular complexity index is 1450. The maximum Gasteiger partial charge on any atom is 0.236 e. The first-order valence-electron chi connectivity index (χ1n) is 12.0. The smallest absolute Gasteiger partial charge is 0.236 e. The van der Waals surface area contributed by atoms with E-state index in [1.165, 1.54) is 0 Å². The van der Waals surface area contributed by atoms with Crippen LogP contribution in [0.25, 0.3) is 10.8 Å². The molecule has 190 valence electrons. The Kier molecular flexibility index (Phi) is 6.82. The van der Waals surface area contributed by atoms with Gasteiger partial charge in [0.2, 0.25) is 5.91 Å². The molecule has 2 saturated heterocycles. The standard InChI is InChI=1S/C26H28ClN3O4S2/c1-19-15-23(7-10-28-19)29-12-8-26(9-13-29)30(25(31)18-35(26)32)11-2-14-36(33,34)24-6-4-20-16-22(27)5-3-21(20)17-24/h3-7,10,15-17H,2,8-9,11-14,18H2,1H3. The lowest BCUT2D eigenvalue weighted by Crippen LogP contribution is -2.55. The number of fused-ring (bicyclic) bond motifs is 1. The second-order valence-electron chi connectivity index (χ2n) is 9.45. The summed E-state index contributed by atoms with van der Waals surface area (Å²) in [6.07, 6.45) is 3.25. The predicted octanol–water partition coefficient (Wildman–Crippen LogP) is 3.95. The van der Waals surface area contributed by atoms with Crippen molar-refractivity contribution >= 4 is 54.6 Å². The minimum atomic E-state index is -3.54. The number of nitrogens with zero attached hydrogens (tertiary/aromatic N) is 3. The van der Waals surface area contributed by atoms with Gasteiger partial charge < -0.3 is 9.80 Å². The summed E-state index contributed by atoms with van der Waals surface area (Å²) in [4.78, 5) is 20.5. The molecule has 1 amide bonds. The summed E-state index contributed by atoms with van der Waals surface area (Å²) in [5.74, 6) is -0.225. The second kappa shape index (κ2) is 9.76. The minimum Gasteiger partial charge on any atom is -0.371 e. The van der Waals surface area contributed by atoms with Crippen LogP contribution in [0.4, 0.5) is 5.69 Å². The van der Waals surface area contributed by atoms with Crippen molar-refractivity contribution in [2.45, 2.75) is 36.0 Å². The highest BCUT2D eigenvalue weighted by Gasteiger charge is 2.52. The van der Waals surface area contributed by atoms with Gasteiger partial charge in [0.15, 0.2) is 9.84 Å². The molecular weight excluding hydrogens is 518 g/mol. The van der Waals surface area contributed by atoms with E-state index in [4.69, 9.17) is 11.6 Å². The second-order valence-corrected chi connectivity index (χ2v) is 13.7. The molecule has 0 bridgehead atoms. The number of aromatic nitrogens is 1. The van der Waals surface area contributed by atoms with Crippen molar-refractivity contribution in [3.05, 3.63) is 65.4 Å². The maximum atomic E-state index is 13.1. The number of halogens is 1. The Balaban J connectivity index is 1.26. The third kappa shape index (κ3) is 4.76. The Morgan fingerprint density at radius 2 is 1.78 bits per heavy atom. The Hall–Kier alpha value is -2.49. The number of aryl methyl sites for hydroxylation is 1. The molecule has 7 nitrogen and oxygen atoms in total.